The normalized spacial score (nSPS) is 13.9. The lowest BCUT2D eigenvalue weighted by molar-refractivity contribution is -0.00177. The second-order valence-corrected chi connectivity index (χ2v) is 13.7. The molecule has 3 aromatic rings. The molecule has 0 aliphatic carbocycles. The minimum absolute atomic E-state index is 0.115. The molecule has 1 N–H and O–H groups in total. The summed E-state index contributed by atoms with van der Waals surface area (Å²) in [6.07, 6.45) is 1.10. The van der Waals surface area contributed by atoms with E-state index in [4.69, 9.17) is 9.16 Å². The average molecular weight is 461 g/mol. The molecule has 2 atom stereocenters. The lowest BCUT2D eigenvalue weighted by Gasteiger charge is -2.43. The summed E-state index contributed by atoms with van der Waals surface area (Å²) in [5.74, 6) is -0.234. The van der Waals surface area contributed by atoms with Crippen molar-refractivity contribution in [1.82, 2.24) is 0 Å². The molecule has 0 unspecified atom stereocenters. The first-order chi connectivity index (χ1) is 15.9. The molecular weight excluding hydrogens is 424 g/mol. The van der Waals surface area contributed by atoms with Crippen molar-refractivity contribution in [3.05, 3.63) is 109 Å². The molecule has 0 heterocycles. The fourth-order valence-corrected chi connectivity index (χ4v) is 8.91. The van der Waals surface area contributed by atoms with E-state index in [0.717, 1.165) is 5.56 Å². The van der Waals surface area contributed by atoms with Gasteiger partial charge in [0.2, 0.25) is 0 Å². The Labute approximate surface area is 199 Å². The fourth-order valence-electron chi connectivity index (χ4n) is 4.31. The van der Waals surface area contributed by atoms with Crippen LogP contribution in [0.2, 0.25) is 5.04 Å². The number of hydrogen-bond acceptors (Lipinski definition) is 3. The van der Waals surface area contributed by atoms with Gasteiger partial charge in [0, 0.05) is 12.5 Å². The van der Waals surface area contributed by atoms with Crippen LogP contribution in [0.5, 0.6) is 0 Å². The molecule has 3 nitrogen and oxygen atoms in total. The van der Waals surface area contributed by atoms with E-state index in [0.29, 0.717) is 13.2 Å². The molecule has 0 bridgehead atoms. The van der Waals surface area contributed by atoms with Gasteiger partial charge in [0.25, 0.3) is 8.32 Å². The molecule has 0 aliphatic rings. The van der Waals surface area contributed by atoms with Crippen LogP contribution >= 0.6 is 0 Å². The standard InChI is InChI=1S/C29H36O3Si/c1-5-25(28(30)23-31-21-24-15-9-6-10-16-24)22-32-33(29(2,3)4,26-17-11-7-12-18-26)27-19-13-8-14-20-27/h5-20,25,28,30H,1,21-23H2,2-4H3/t25-,28+/m0/s1. The predicted octanol–water partition coefficient (Wildman–Crippen LogP) is 4.94. The first-order valence-electron chi connectivity index (χ1n) is 11.6. The zero-order chi connectivity index (χ0) is 23.7. The molecule has 0 saturated carbocycles. The third-order valence-corrected chi connectivity index (χ3v) is 11.1. The molecule has 3 rings (SSSR count). The zero-order valence-corrected chi connectivity index (χ0v) is 21.0. The third-order valence-electron chi connectivity index (χ3n) is 6.11. The average Bonchev–Trinajstić information content (AvgIpc) is 2.83. The minimum Gasteiger partial charge on any atom is -0.407 e. The number of aliphatic hydroxyl groups excluding tert-OH is 1. The summed E-state index contributed by atoms with van der Waals surface area (Å²) >= 11 is 0. The molecule has 0 spiro atoms. The van der Waals surface area contributed by atoms with Gasteiger partial charge in [0.1, 0.15) is 0 Å². The van der Waals surface area contributed by atoms with E-state index in [1.165, 1.54) is 10.4 Å². The third kappa shape index (κ3) is 6.09. The molecule has 0 aromatic heterocycles. The monoisotopic (exact) mass is 460 g/mol. The largest absolute Gasteiger partial charge is 0.407 e. The summed E-state index contributed by atoms with van der Waals surface area (Å²) in [4.78, 5) is 0. The lowest BCUT2D eigenvalue weighted by atomic mass is 10.1. The Morgan fingerprint density at radius 3 is 1.76 bits per heavy atom. The van der Waals surface area contributed by atoms with E-state index in [1.807, 2.05) is 42.5 Å². The van der Waals surface area contributed by atoms with Crippen molar-refractivity contribution >= 4 is 18.7 Å². The minimum atomic E-state index is -2.66. The fraction of sp³-hybridized carbons (Fsp3) is 0.310. The van der Waals surface area contributed by atoms with Gasteiger partial charge in [-0.15, -0.1) is 6.58 Å². The SMILES string of the molecule is C=C[C@@H](CO[Si](c1ccccc1)(c1ccccc1)C(C)(C)C)[C@H](O)COCc1ccccc1. The summed E-state index contributed by atoms with van der Waals surface area (Å²) in [6, 6.07) is 31.1. The molecule has 3 aromatic carbocycles. The molecule has 0 aliphatic heterocycles. The maximum atomic E-state index is 10.9. The molecule has 33 heavy (non-hydrogen) atoms. The van der Waals surface area contributed by atoms with Crippen LogP contribution in [0.15, 0.2) is 104 Å². The summed E-state index contributed by atoms with van der Waals surface area (Å²) < 4.78 is 12.7. The number of rotatable bonds is 11. The van der Waals surface area contributed by atoms with Crippen LogP contribution < -0.4 is 10.4 Å². The van der Waals surface area contributed by atoms with Crippen molar-refractivity contribution in [3.63, 3.8) is 0 Å². The lowest BCUT2D eigenvalue weighted by Crippen LogP contribution is -2.67. The highest BCUT2D eigenvalue weighted by molar-refractivity contribution is 6.99. The second-order valence-electron chi connectivity index (χ2n) is 9.44. The molecule has 0 amide bonds. The van der Waals surface area contributed by atoms with Crippen LogP contribution in [0.3, 0.4) is 0 Å². The van der Waals surface area contributed by atoms with E-state index in [9.17, 15) is 5.11 Å². The topological polar surface area (TPSA) is 38.7 Å². The van der Waals surface area contributed by atoms with Crippen LogP contribution in [0.25, 0.3) is 0 Å². The summed E-state index contributed by atoms with van der Waals surface area (Å²) in [6.45, 7) is 11.8. The van der Waals surface area contributed by atoms with Gasteiger partial charge >= 0.3 is 0 Å². The predicted molar refractivity (Wildman–Crippen MR) is 139 cm³/mol. The summed E-state index contributed by atoms with van der Waals surface area (Å²) in [5, 5.41) is 13.2. The van der Waals surface area contributed by atoms with Gasteiger partial charge in [0.05, 0.1) is 19.3 Å². The molecule has 0 fully saturated rings. The van der Waals surface area contributed by atoms with Crippen molar-refractivity contribution in [3.8, 4) is 0 Å². The van der Waals surface area contributed by atoms with Gasteiger partial charge in [-0.05, 0) is 21.0 Å². The Morgan fingerprint density at radius 2 is 1.30 bits per heavy atom. The van der Waals surface area contributed by atoms with Gasteiger partial charge < -0.3 is 14.3 Å². The second kappa shape index (κ2) is 11.6. The van der Waals surface area contributed by atoms with E-state index in [2.05, 4.69) is 75.9 Å². The Kier molecular flexibility index (Phi) is 8.81. The first kappa shape index (κ1) is 25.1. The van der Waals surface area contributed by atoms with E-state index >= 15 is 0 Å². The van der Waals surface area contributed by atoms with Crippen LogP contribution in [-0.4, -0.2) is 32.7 Å². The van der Waals surface area contributed by atoms with E-state index in [1.54, 1.807) is 6.08 Å². The van der Waals surface area contributed by atoms with Gasteiger partial charge in [-0.3, -0.25) is 0 Å². The van der Waals surface area contributed by atoms with Crippen molar-refractivity contribution < 1.29 is 14.3 Å². The Balaban J connectivity index is 1.80. The highest BCUT2D eigenvalue weighted by atomic mass is 28.4. The maximum absolute atomic E-state index is 10.9. The number of aliphatic hydroxyl groups is 1. The highest BCUT2D eigenvalue weighted by Crippen LogP contribution is 2.37. The van der Waals surface area contributed by atoms with Crippen LogP contribution in [0, 0.1) is 5.92 Å². The van der Waals surface area contributed by atoms with E-state index < -0.39 is 14.4 Å². The zero-order valence-electron chi connectivity index (χ0n) is 20.0. The number of benzene rings is 3. The summed E-state index contributed by atoms with van der Waals surface area (Å²) in [5.41, 5.74) is 1.09. The van der Waals surface area contributed by atoms with Gasteiger partial charge in [-0.25, -0.2) is 0 Å². The van der Waals surface area contributed by atoms with Gasteiger partial charge in [0.15, 0.2) is 0 Å². The molecule has 174 valence electrons. The van der Waals surface area contributed by atoms with E-state index in [-0.39, 0.29) is 17.6 Å². The van der Waals surface area contributed by atoms with Crippen molar-refractivity contribution in [1.29, 1.82) is 0 Å². The van der Waals surface area contributed by atoms with Crippen molar-refractivity contribution in [2.24, 2.45) is 5.92 Å². The molecule has 4 heteroatoms. The van der Waals surface area contributed by atoms with Crippen LogP contribution in [0.1, 0.15) is 26.3 Å². The molecule has 0 radical (unpaired) electrons. The molecule has 0 saturated heterocycles. The number of hydrogen-bond donors (Lipinski definition) is 1. The van der Waals surface area contributed by atoms with Crippen LogP contribution in [-0.2, 0) is 15.8 Å². The van der Waals surface area contributed by atoms with Crippen molar-refractivity contribution in [2.75, 3.05) is 13.2 Å². The van der Waals surface area contributed by atoms with Crippen molar-refractivity contribution in [2.45, 2.75) is 38.5 Å². The number of ether oxygens (including phenoxy) is 1. The maximum Gasteiger partial charge on any atom is 0.261 e. The van der Waals surface area contributed by atoms with Gasteiger partial charge in [-0.2, -0.15) is 0 Å². The molecular formula is C29H36O3Si. The quantitative estimate of drug-likeness (QED) is 0.325. The van der Waals surface area contributed by atoms with Gasteiger partial charge in [-0.1, -0.05) is 118 Å². The highest BCUT2D eigenvalue weighted by Gasteiger charge is 2.50. The first-order valence-corrected chi connectivity index (χ1v) is 13.5. The Hall–Kier alpha value is -2.50. The van der Waals surface area contributed by atoms with Crippen LogP contribution in [0.4, 0.5) is 0 Å². The Bertz CT molecular complexity index is 929. The smallest absolute Gasteiger partial charge is 0.261 e. The summed E-state index contributed by atoms with van der Waals surface area (Å²) in [7, 11) is -2.66. The Morgan fingerprint density at radius 1 is 0.818 bits per heavy atom.